The lowest BCUT2D eigenvalue weighted by Crippen LogP contribution is -2.34. The van der Waals surface area contributed by atoms with Crippen LogP contribution in [0.25, 0.3) is 12.2 Å². The summed E-state index contributed by atoms with van der Waals surface area (Å²) in [7, 11) is 1.62. The van der Waals surface area contributed by atoms with Crippen molar-refractivity contribution >= 4 is 58.1 Å². The molecular weight excluding hydrogens is 630 g/mol. The van der Waals surface area contributed by atoms with Crippen LogP contribution in [0.2, 0.25) is 5.02 Å². The average Bonchev–Trinajstić information content (AvgIpc) is 3.19. The molecule has 204 valence electrons. The molecule has 8 nitrogen and oxygen atoms in total. The van der Waals surface area contributed by atoms with Crippen LogP contribution in [0.3, 0.4) is 0 Å². The fraction of sp³-hybridized carbons (Fsp3) is 0.333. The molecule has 1 amide bonds. The summed E-state index contributed by atoms with van der Waals surface area (Å²) in [5.41, 5.74) is 1.45. The van der Waals surface area contributed by atoms with Crippen LogP contribution in [0.5, 0.6) is 5.75 Å². The number of amides is 1. The summed E-state index contributed by atoms with van der Waals surface area (Å²) in [4.78, 5) is 19.2. The van der Waals surface area contributed by atoms with E-state index in [1.807, 2.05) is 40.8 Å². The van der Waals surface area contributed by atoms with Crippen molar-refractivity contribution in [3.05, 3.63) is 73.7 Å². The summed E-state index contributed by atoms with van der Waals surface area (Å²) in [6.45, 7) is 3.29. The first kappa shape index (κ1) is 30.2. The van der Waals surface area contributed by atoms with Crippen LogP contribution in [0.4, 0.5) is 4.39 Å². The fourth-order valence-corrected chi connectivity index (χ4v) is 4.07. The Morgan fingerprint density at radius 3 is 2.24 bits per heavy atom. The predicted molar refractivity (Wildman–Crippen MR) is 153 cm³/mol. The number of nitrogens with zero attached hydrogens (tertiary/aromatic N) is 2. The van der Waals surface area contributed by atoms with Crippen molar-refractivity contribution in [3.8, 4) is 5.75 Å². The van der Waals surface area contributed by atoms with Crippen molar-refractivity contribution in [1.82, 2.24) is 4.90 Å². The lowest BCUT2D eigenvalue weighted by Gasteiger charge is -2.16. The van der Waals surface area contributed by atoms with Gasteiger partial charge in [0, 0.05) is 12.1 Å². The number of hydrogen-bond acceptors (Lipinski definition) is 7. The molecular formula is C27H29ClFIN2O6. The van der Waals surface area contributed by atoms with Gasteiger partial charge in [0.05, 0.1) is 56.4 Å². The molecule has 38 heavy (non-hydrogen) atoms. The highest BCUT2D eigenvalue weighted by Crippen LogP contribution is 2.27. The van der Waals surface area contributed by atoms with Crippen LogP contribution >= 0.6 is 34.2 Å². The van der Waals surface area contributed by atoms with E-state index >= 15 is 0 Å². The van der Waals surface area contributed by atoms with Crippen LogP contribution in [-0.4, -0.2) is 81.7 Å². The number of aliphatic imine (C=N–C) groups is 1. The second-order valence-electron chi connectivity index (χ2n) is 8.00. The van der Waals surface area contributed by atoms with Gasteiger partial charge in [0.15, 0.2) is 11.6 Å². The van der Waals surface area contributed by atoms with Crippen LogP contribution in [0, 0.1) is 9.39 Å². The van der Waals surface area contributed by atoms with Crippen molar-refractivity contribution < 1.29 is 33.2 Å². The predicted octanol–water partition coefficient (Wildman–Crippen LogP) is 4.78. The second kappa shape index (κ2) is 15.9. The number of aromatic hydroxyl groups is 1. The summed E-state index contributed by atoms with van der Waals surface area (Å²) < 4.78 is 35.7. The highest BCUT2D eigenvalue weighted by atomic mass is 127. The zero-order chi connectivity index (χ0) is 27.3. The van der Waals surface area contributed by atoms with Crippen molar-refractivity contribution in [2.75, 3.05) is 59.9 Å². The Bertz CT molecular complexity index is 1150. The van der Waals surface area contributed by atoms with E-state index < -0.39 is 11.6 Å². The molecule has 0 saturated heterocycles. The van der Waals surface area contributed by atoms with Crippen LogP contribution in [0.15, 0.2) is 53.2 Å². The van der Waals surface area contributed by atoms with E-state index in [0.717, 1.165) is 11.6 Å². The van der Waals surface area contributed by atoms with E-state index in [-0.39, 0.29) is 24.8 Å². The van der Waals surface area contributed by atoms with Crippen LogP contribution < -0.4 is 0 Å². The number of methoxy groups -OCH3 is 1. The Morgan fingerprint density at radius 1 is 0.974 bits per heavy atom. The van der Waals surface area contributed by atoms with Gasteiger partial charge in [-0.15, -0.1) is 0 Å². The molecule has 0 saturated carbocycles. The number of phenolic OH excluding ortho intramolecular Hbond substituents is 1. The Balaban J connectivity index is 1.61. The van der Waals surface area contributed by atoms with E-state index in [1.54, 1.807) is 31.4 Å². The first-order valence-electron chi connectivity index (χ1n) is 11.8. The highest BCUT2D eigenvalue weighted by molar-refractivity contribution is 14.1. The first-order chi connectivity index (χ1) is 18.4. The minimum Gasteiger partial charge on any atom is -0.504 e. The standard InChI is InChI=1S/C27H29ClFIN2O6/c1-35-10-11-37-14-15-38-13-12-36-9-8-32-25(7-4-19-2-5-21(28)6-3-19)31-24(27(32)34)18-20-16-22(29)26(33)23(30)17-20/h2-7,16-18,33H,8-15H2,1H3/b7-4+,24-18-. The summed E-state index contributed by atoms with van der Waals surface area (Å²) in [5.74, 6) is -1.10. The molecule has 0 spiro atoms. The molecule has 3 rings (SSSR count). The fourth-order valence-electron chi connectivity index (χ4n) is 3.32. The zero-order valence-corrected chi connectivity index (χ0v) is 23.8. The molecule has 0 unspecified atom stereocenters. The number of carbonyl (C=O) groups is 1. The van der Waals surface area contributed by atoms with E-state index in [0.29, 0.717) is 59.6 Å². The molecule has 1 aliphatic rings. The maximum absolute atomic E-state index is 14.0. The molecule has 11 heteroatoms. The van der Waals surface area contributed by atoms with Crippen molar-refractivity contribution in [2.45, 2.75) is 0 Å². The smallest absolute Gasteiger partial charge is 0.278 e. The van der Waals surface area contributed by atoms with Gasteiger partial charge in [0.2, 0.25) is 0 Å². The van der Waals surface area contributed by atoms with Gasteiger partial charge in [-0.3, -0.25) is 9.69 Å². The minimum atomic E-state index is -0.768. The molecule has 1 N–H and O–H groups in total. The van der Waals surface area contributed by atoms with Gasteiger partial charge in [-0.05, 0) is 70.1 Å². The molecule has 0 radical (unpaired) electrons. The van der Waals surface area contributed by atoms with Crippen LogP contribution in [-0.2, 0) is 23.7 Å². The Hall–Kier alpha value is -2.35. The molecule has 0 atom stereocenters. The van der Waals surface area contributed by atoms with E-state index in [1.165, 1.54) is 11.0 Å². The lowest BCUT2D eigenvalue weighted by molar-refractivity contribution is -0.123. The van der Waals surface area contributed by atoms with Gasteiger partial charge in [0.25, 0.3) is 5.91 Å². The van der Waals surface area contributed by atoms with Crippen molar-refractivity contribution in [2.24, 2.45) is 4.99 Å². The van der Waals surface area contributed by atoms with Gasteiger partial charge >= 0.3 is 0 Å². The molecule has 0 fully saturated rings. The Morgan fingerprint density at radius 2 is 1.61 bits per heavy atom. The average molecular weight is 659 g/mol. The largest absolute Gasteiger partial charge is 0.504 e. The van der Waals surface area contributed by atoms with Crippen molar-refractivity contribution in [3.63, 3.8) is 0 Å². The van der Waals surface area contributed by atoms with E-state index in [4.69, 9.17) is 30.5 Å². The first-order valence-corrected chi connectivity index (χ1v) is 13.3. The normalized spacial score (nSPS) is 14.7. The third-order valence-electron chi connectivity index (χ3n) is 5.25. The van der Waals surface area contributed by atoms with E-state index in [9.17, 15) is 14.3 Å². The monoisotopic (exact) mass is 658 g/mol. The van der Waals surface area contributed by atoms with E-state index in [2.05, 4.69) is 4.99 Å². The number of benzene rings is 2. The minimum absolute atomic E-state index is 0.151. The number of amidine groups is 1. The van der Waals surface area contributed by atoms with Crippen LogP contribution in [0.1, 0.15) is 11.1 Å². The Labute approximate surface area is 239 Å². The summed E-state index contributed by atoms with van der Waals surface area (Å²) >= 11 is 7.79. The van der Waals surface area contributed by atoms with Gasteiger partial charge < -0.3 is 24.1 Å². The number of hydrogen-bond donors (Lipinski definition) is 1. The van der Waals surface area contributed by atoms with Crippen molar-refractivity contribution in [1.29, 1.82) is 0 Å². The molecule has 2 aromatic carbocycles. The number of carbonyl (C=O) groups excluding carboxylic acids is 1. The molecule has 1 heterocycles. The quantitative estimate of drug-likeness (QED) is 0.168. The van der Waals surface area contributed by atoms with Gasteiger partial charge in [-0.1, -0.05) is 29.8 Å². The summed E-state index contributed by atoms with van der Waals surface area (Å²) in [6, 6.07) is 9.98. The molecule has 2 aromatic rings. The summed E-state index contributed by atoms with van der Waals surface area (Å²) in [6.07, 6.45) is 5.05. The van der Waals surface area contributed by atoms with Gasteiger partial charge in [-0.25, -0.2) is 9.38 Å². The second-order valence-corrected chi connectivity index (χ2v) is 9.60. The number of halogens is 3. The SMILES string of the molecule is COCCOCCOCCOCCN1C(=O)/C(=C/c2cc(F)c(O)c(I)c2)N=C1/C=C/c1ccc(Cl)cc1. The molecule has 0 bridgehead atoms. The third kappa shape index (κ3) is 9.44. The Kier molecular flexibility index (Phi) is 12.6. The number of rotatable bonds is 15. The zero-order valence-electron chi connectivity index (χ0n) is 20.9. The maximum atomic E-state index is 14.0. The number of phenols is 1. The topological polar surface area (TPSA) is 89.8 Å². The highest BCUT2D eigenvalue weighted by Gasteiger charge is 2.28. The lowest BCUT2D eigenvalue weighted by atomic mass is 10.1. The third-order valence-corrected chi connectivity index (χ3v) is 6.32. The maximum Gasteiger partial charge on any atom is 0.278 e. The van der Waals surface area contributed by atoms with Gasteiger partial charge in [-0.2, -0.15) is 0 Å². The molecule has 0 aromatic heterocycles. The molecule has 0 aliphatic carbocycles. The van der Waals surface area contributed by atoms with Gasteiger partial charge in [0.1, 0.15) is 11.5 Å². The summed E-state index contributed by atoms with van der Waals surface area (Å²) in [5, 5.41) is 10.3. The molecule has 1 aliphatic heterocycles. The number of ether oxygens (including phenoxy) is 4.